The van der Waals surface area contributed by atoms with Crippen molar-refractivity contribution in [2.45, 2.75) is 37.8 Å². The molecule has 1 atom stereocenters. The van der Waals surface area contributed by atoms with Crippen molar-refractivity contribution < 1.29 is 14.7 Å². The number of piperazine rings is 1. The number of aliphatic hydroxyl groups is 1. The summed E-state index contributed by atoms with van der Waals surface area (Å²) in [6.07, 6.45) is 3.18. The lowest BCUT2D eigenvalue weighted by molar-refractivity contribution is -0.151. The van der Waals surface area contributed by atoms with Crippen LogP contribution in [-0.2, 0) is 9.59 Å². The zero-order chi connectivity index (χ0) is 16.4. The monoisotopic (exact) mass is 336 g/mol. The molecular weight excluding hydrogens is 316 g/mol. The molecule has 1 aromatic carbocycles. The third kappa shape index (κ3) is 3.51. The van der Waals surface area contributed by atoms with Crippen LogP contribution in [0.3, 0.4) is 0 Å². The van der Waals surface area contributed by atoms with Gasteiger partial charge in [-0.2, -0.15) is 0 Å². The van der Waals surface area contributed by atoms with E-state index in [0.29, 0.717) is 29.7 Å². The van der Waals surface area contributed by atoms with Crippen LogP contribution in [0.1, 0.15) is 37.4 Å². The molecule has 1 aromatic rings. The van der Waals surface area contributed by atoms with Crippen molar-refractivity contribution in [1.82, 2.24) is 9.80 Å². The third-order valence-corrected chi connectivity index (χ3v) is 4.97. The first kappa shape index (κ1) is 16.3. The molecule has 2 amide bonds. The van der Waals surface area contributed by atoms with Gasteiger partial charge in [0.25, 0.3) is 5.91 Å². The Hall–Kier alpha value is -1.59. The highest BCUT2D eigenvalue weighted by atomic mass is 35.5. The second kappa shape index (κ2) is 6.89. The van der Waals surface area contributed by atoms with Crippen LogP contribution in [0.25, 0.3) is 0 Å². The fourth-order valence-corrected chi connectivity index (χ4v) is 3.67. The van der Waals surface area contributed by atoms with E-state index in [-0.39, 0.29) is 12.5 Å². The van der Waals surface area contributed by atoms with E-state index in [0.717, 1.165) is 12.8 Å². The Bertz CT molecular complexity index is 601. The molecule has 0 spiro atoms. The molecule has 3 rings (SSSR count). The summed E-state index contributed by atoms with van der Waals surface area (Å²) < 4.78 is 0. The average molecular weight is 337 g/mol. The predicted molar refractivity (Wildman–Crippen MR) is 87.0 cm³/mol. The van der Waals surface area contributed by atoms with Gasteiger partial charge in [0.1, 0.15) is 0 Å². The van der Waals surface area contributed by atoms with Crippen LogP contribution in [0.15, 0.2) is 24.3 Å². The minimum atomic E-state index is -1.28. The summed E-state index contributed by atoms with van der Waals surface area (Å²) in [4.78, 5) is 28.1. The van der Waals surface area contributed by atoms with E-state index in [4.69, 9.17) is 11.6 Å². The molecule has 124 valence electrons. The molecule has 0 unspecified atom stereocenters. The number of aliphatic hydroxyl groups excluding tert-OH is 1. The Kier molecular flexibility index (Phi) is 4.87. The minimum absolute atomic E-state index is 0.0187. The second-order valence-corrected chi connectivity index (χ2v) is 6.68. The molecule has 6 heteroatoms. The number of benzene rings is 1. The number of hydrogen-bond acceptors (Lipinski definition) is 3. The molecule has 1 saturated carbocycles. The summed E-state index contributed by atoms with van der Waals surface area (Å²) in [7, 11) is 0. The fourth-order valence-electron chi connectivity index (χ4n) is 3.47. The molecule has 1 heterocycles. The van der Waals surface area contributed by atoms with Crippen LogP contribution >= 0.6 is 11.6 Å². The van der Waals surface area contributed by atoms with Gasteiger partial charge in [-0.1, -0.05) is 36.6 Å². The van der Waals surface area contributed by atoms with Crippen LogP contribution < -0.4 is 0 Å². The van der Waals surface area contributed by atoms with Gasteiger partial charge < -0.3 is 14.9 Å². The molecule has 0 radical (unpaired) electrons. The Morgan fingerprint density at radius 1 is 1.26 bits per heavy atom. The molecule has 1 aliphatic heterocycles. The van der Waals surface area contributed by atoms with Gasteiger partial charge >= 0.3 is 0 Å². The second-order valence-electron chi connectivity index (χ2n) is 6.24. The predicted octanol–water partition coefficient (Wildman–Crippen LogP) is 1.99. The summed E-state index contributed by atoms with van der Waals surface area (Å²) in [6.45, 7) is 1.07. The highest BCUT2D eigenvalue weighted by molar-refractivity contribution is 6.30. The van der Waals surface area contributed by atoms with Crippen molar-refractivity contribution in [3.05, 3.63) is 34.9 Å². The van der Waals surface area contributed by atoms with E-state index < -0.39 is 12.0 Å². The maximum Gasteiger partial charge on any atom is 0.256 e. The molecule has 5 nitrogen and oxygen atoms in total. The molecule has 23 heavy (non-hydrogen) atoms. The van der Waals surface area contributed by atoms with Gasteiger partial charge in [-0.3, -0.25) is 9.59 Å². The SMILES string of the molecule is O=C([C@@H](O)c1cccc(Cl)c1)N1CCN(C2CCCC2)C(=O)C1. The molecule has 1 saturated heterocycles. The number of nitrogens with zero attached hydrogens (tertiary/aromatic N) is 2. The molecule has 2 fully saturated rings. The molecule has 1 N–H and O–H groups in total. The Balaban J connectivity index is 1.64. The molecule has 0 aromatic heterocycles. The molecule has 0 bridgehead atoms. The zero-order valence-corrected chi connectivity index (χ0v) is 13.7. The van der Waals surface area contributed by atoms with E-state index >= 15 is 0 Å². The van der Waals surface area contributed by atoms with Crippen LogP contribution in [0.4, 0.5) is 0 Å². The standard InChI is InChI=1S/C17H21ClN2O3/c18-13-5-3-4-12(10-13)16(22)17(23)19-8-9-20(15(21)11-19)14-6-1-2-7-14/h3-5,10,14,16,22H,1-2,6-9,11H2/t16-/m0/s1. The molecule has 1 aliphatic carbocycles. The first-order valence-electron chi connectivity index (χ1n) is 8.08. The van der Waals surface area contributed by atoms with Crippen molar-refractivity contribution in [2.75, 3.05) is 19.6 Å². The number of halogens is 1. The normalized spacial score (nSPS) is 20.9. The summed E-state index contributed by atoms with van der Waals surface area (Å²) in [6, 6.07) is 6.94. The van der Waals surface area contributed by atoms with Crippen LogP contribution in [0, 0.1) is 0 Å². The van der Waals surface area contributed by atoms with Crippen LogP contribution in [-0.4, -0.2) is 52.4 Å². The minimum Gasteiger partial charge on any atom is -0.378 e. The Labute approximate surface area is 140 Å². The van der Waals surface area contributed by atoms with Gasteiger partial charge in [0, 0.05) is 24.2 Å². The smallest absolute Gasteiger partial charge is 0.256 e. The Morgan fingerprint density at radius 2 is 2.00 bits per heavy atom. The van der Waals surface area contributed by atoms with Crippen molar-refractivity contribution in [1.29, 1.82) is 0 Å². The van der Waals surface area contributed by atoms with Gasteiger partial charge in [-0.25, -0.2) is 0 Å². The maximum atomic E-state index is 12.4. The fraction of sp³-hybridized carbons (Fsp3) is 0.529. The Morgan fingerprint density at radius 3 is 2.65 bits per heavy atom. The highest BCUT2D eigenvalue weighted by Crippen LogP contribution is 2.26. The van der Waals surface area contributed by atoms with E-state index in [2.05, 4.69) is 0 Å². The summed E-state index contributed by atoms with van der Waals surface area (Å²) >= 11 is 5.90. The molecular formula is C17H21ClN2O3. The van der Waals surface area contributed by atoms with Crippen molar-refractivity contribution >= 4 is 23.4 Å². The van der Waals surface area contributed by atoms with E-state index in [9.17, 15) is 14.7 Å². The lowest BCUT2D eigenvalue weighted by atomic mass is 10.1. The maximum absolute atomic E-state index is 12.4. The van der Waals surface area contributed by atoms with Crippen LogP contribution in [0.2, 0.25) is 5.02 Å². The number of amides is 2. The van der Waals surface area contributed by atoms with Gasteiger partial charge in [0.2, 0.25) is 5.91 Å². The van der Waals surface area contributed by atoms with Crippen LogP contribution in [0.5, 0.6) is 0 Å². The lowest BCUT2D eigenvalue weighted by Gasteiger charge is -2.38. The zero-order valence-electron chi connectivity index (χ0n) is 12.9. The average Bonchev–Trinajstić information content (AvgIpc) is 3.07. The number of rotatable bonds is 3. The number of hydrogen-bond donors (Lipinski definition) is 1. The summed E-state index contributed by atoms with van der Waals surface area (Å²) in [5, 5.41) is 10.7. The van der Waals surface area contributed by atoms with Crippen molar-refractivity contribution in [3.63, 3.8) is 0 Å². The first-order valence-corrected chi connectivity index (χ1v) is 8.46. The largest absolute Gasteiger partial charge is 0.378 e. The van der Waals surface area contributed by atoms with Crippen molar-refractivity contribution in [2.24, 2.45) is 0 Å². The number of carbonyl (C=O) groups excluding carboxylic acids is 2. The first-order chi connectivity index (χ1) is 11.1. The van der Waals surface area contributed by atoms with Gasteiger partial charge in [-0.15, -0.1) is 0 Å². The topological polar surface area (TPSA) is 60.9 Å². The van der Waals surface area contributed by atoms with Gasteiger partial charge in [-0.05, 0) is 30.5 Å². The van der Waals surface area contributed by atoms with Gasteiger partial charge in [0.15, 0.2) is 6.10 Å². The highest BCUT2D eigenvalue weighted by Gasteiger charge is 2.34. The quantitative estimate of drug-likeness (QED) is 0.918. The molecule has 2 aliphatic rings. The summed E-state index contributed by atoms with van der Waals surface area (Å²) in [5.74, 6) is -0.457. The number of carbonyl (C=O) groups is 2. The van der Waals surface area contributed by atoms with E-state index in [1.54, 1.807) is 24.3 Å². The van der Waals surface area contributed by atoms with E-state index in [1.807, 2.05) is 4.90 Å². The summed E-state index contributed by atoms with van der Waals surface area (Å²) in [5.41, 5.74) is 0.452. The lowest BCUT2D eigenvalue weighted by Crippen LogP contribution is -2.55. The van der Waals surface area contributed by atoms with Gasteiger partial charge in [0.05, 0.1) is 6.54 Å². The van der Waals surface area contributed by atoms with E-state index in [1.165, 1.54) is 17.7 Å². The van der Waals surface area contributed by atoms with Crippen molar-refractivity contribution in [3.8, 4) is 0 Å². The third-order valence-electron chi connectivity index (χ3n) is 4.73.